The first kappa shape index (κ1) is 28.1. The first-order chi connectivity index (χ1) is 17.8. The van der Waals surface area contributed by atoms with Gasteiger partial charge in [0.15, 0.2) is 0 Å². The number of nitrogens with zero attached hydrogens (tertiary/aromatic N) is 3. The predicted octanol–water partition coefficient (Wildman–Crippen LogP) is 6.87. The van der Waals surface area contributed by atoms with Gasteiger partial charge >= 0.3 is 5.97 Å². The molecule has 0 unspecified atom stereocenters. The molecule has 5 nitrogen and oxygen atoms in total. The van der Waals surface area contributed by atoms with E-state index < -0.39 is 5.97 Å². The molecule has 1 aliphatic carbocycles. The number of hydrogen-bond donors (Lipinski definition) is 1. The number of hydrogen-bond acceptors (Lipinski definition) is 4. The summed E-state index contributed by atoms with van der Waals surface area (Å²) in [4.78, 5) is 18.8. The molecule has 0 heterocycles. The van der Waals surface area contributed by atoms with Gasteiger partial charge in [-0.25, -0.2) is 4.79 Å². The van der Waals surface area contributed by atoms with Crippen molar-refractivity contribution in [2.24, 2.45) is 0 Å². The minimum atomic E-state index is -0.888. The Morgan fingerprint density at radius 2 is 1.46 bits per heavy atom. The van der Waals surface area contributed by atoms with Gasteiger partial charge in [0.2, 0.25) is 0 Å². The molecule has 0 atom stereocenters. The summed E-state index contributed by atoms with van der Waals surface area (Å²) < 4.78 is 0. The molecule has 0 bridgehead atoms. The second-order valence-corrected chi connectivity index (χ2v) is 9.60. The van der Waals surface area contributed by atoms with E-state index in [9.17, 15) is 9.90 Å². The van der Waals surface area contributed by atoms with Gasteiger partial charge < -0.3 is 19.8 Å². The third-order valence-corrected chi connectivity index (χ3v) is 7.32. The average molecular weight is 502 g/mol. The quantitative estimate of drug-likeness (QED) is 0.344. The molecule has 198 valence electrons. The van der Waals surface area contributed by atoms with Crippen molar-refractivity contribution >= 4 is 22.9 Å². The van der Waals surface area contributed by atoms with E-state index in [0.717, 1.165) is 50.3 Å². The van der Waals surface area contributed by atoms with Crippen molar-refractivity contribution in [3.8, 4) is 0 Å². The van der Waals surface area contributed by atoms with Crippen LogP contribution in [0.3, 0.4) is 0 Å². The second kappa shape index (κ2) is 13.2. The van der Waals surface area contributed by atoms with Crippen LogP contribution in [0.4, 0.5) is 11.4 Å². The van der Waals surface area contributed by atoms with Gasteiger partial charge in [-0.15, -0.1) is 0 Å². The van der Waals surface area contributed by atoms with Crippen molar-refractivity contribution in [2.75, 3.05) is 50.1 Å². The van der Waals surface area contributed by atoms with E-state index in [0.29, 0.717) is 12.0 Å². The van der Waals surface area contributed by atoms with E-state index in [4.69, 9.17) is 0 Å². The van der Waals surface area contributed by atoms with Crippen LogP contribution in [0.25, 0.3) is 5.57 Å². The smallest absolute Gasteiger partial charge is 0.336 e. The Labute approximate surface area is 223 Å². The molecule has 0 saturated heterocycles. The molecule has 1 aliphatic rings. The topological polar surface area (TPSA) is 47.0 Å². The van der Waals surface area contributed by atoms with Crippen molar-refractivity contribution < 1.29 is 9.90 Å². The summed E-state index contributed by atoms with van der Waals surface area (Å²) >= 11 is 0. The average Bonchev–Trinajstić information content (AvgIpc) is 2.91. The number of anilines is 2. The van der Waals surface area contributed by atoms with Crippen LogP contribution >= 0.6 is 0 Å². The second-order valence-electron chi connectivity index (χ2n) is 9.60. The summed E-state index contributed by atoms with van der Waals surface area (Å²) in [5.41, 5.74) is 8.35. The number of allylic oxidation sites excluding steroid dienone is 6. The standard InChI is InChI=1S/C32H43N3O2/c1-7-34(8-2)27-17-11-24(12-18-27)30(25-13-19-28(20-14-25)35(9-3)10-4)22-16-26-15-21-29(33(5)6)23-31(26)32(36)37/h11-13,15,17-19,21-23H,7-10,14,16,20H2,1-6H3,(H,36,37)/b30-22-. The number of carboxylic acids is 1. The molecule has 1 N–H and O–H groups in total. The fourth-order valence-corrected chi connectivity index (χ4v) is 5.05. The zero-order valence-electron chi connectivity index (χ0n) is 23.4. The van der Waals surface area contributed by atoms with Gasteiger partial charge in [0.25, 0.3) is 0 Å². The number of rotatable bonds is 12. The molecule has 5 heteroatoms. The summed E-state index contributed by atoms with van der Waals surface area (Å²) in [6.07, 6.45) is 9.28. The monoisotopic (exact) mass is 501 g/mol. The van der Waals surface area contributed by atoms with Crippen LogP contribution in [0.2, 0.25) is 0 Å². The molecule has 0 radical (unpaired) electrons. The van der Waals surface area contributed by atoms with Crippen LogP contribution < -0.4 is 9.80 Å². The molecule has 2 aromatic rings. The lowest BCUT2D eigenvalue weighted by Crippen LogP contribution is -2.23. The molecular weight excluding hydrogens is 458 g/mol. The lowest BCUT2D eigenvalue weighted by molar-refractivity contribution is 0.0696. The number of benzene rings is 2. The van der Waals surface area contributed by atoms with E-state index in [-0.39, 0.29) is 0 Å². The van der Waals surface area contributed by atoms with Gasteiger partial charge in [-0.1, -0.05) is 30.4 Å². The van der Waals surface area contributed by atoms with Gasteiger partial charge in [0.1, 0.15) is 0 Å². The van der Waals surface area contributed by atoms with Gasteiger partial charge in [-0.3, -0.25) is 0 Å². The number of carboxylic acid groups (broad SMARTS) is 1. The van der Waals surface area contributed by atoms with E-state index in [2.05, 4.69) is 80.0 Å². The van der Waals surface area contributed by atoms with Crippen molar-refractivity contribution in [1.82, 2.24) is 4.90 Å². The number of aromatic carboxylic acids is 1. The Bertz CT molecular complexity index is 1150. The lowest BCUT2D eigenvalue weighted by atomic mass is 9.89. The lowest BCUT2D eigenvalue weighted by Gasteiger charge is -2.27. The van der Waals surface area contributed by atoms with Crippen LogP contribution in [-0.4, -0.2) is 56.3 Å². The molecular formula is C32H43N3O2. The molecule has 0 aliphatic heterocycles. The Balaban J connectivity index is 2.02. The van der Waals surface area contributed by atoms with Crippen LogP contribution in [0.1, 0.15) is 62.0 Å². The Morgan fingerprint density at radius 1 is 0.838 bits per heavy atom. The highest BCUT2D eigenvalue weighted by molar-refractivity contribution is 5.91. The van der Waals surface area contributed by atoms with Gasteiger partial charge in [0, 0.05) is 57.3 Å². The molecule has 0 amide bonds. The van der Waals surface area contributed by atoms with Crippen molar-refractivity contribution in [3.63, 3.8) is 0 Å². The molecule has 0 spiro atoms. The molecule has 37 heavy (non-hydrogen) atoms. The third kappa shape index (κ3) is 6.85. The van der Waals surface area contributed by atoms with Crippen LogP contribution in [-0.2, 0) is 6.42 Å². The minimum absolute atomic E-state index is 0.361. The highest BCUT2D eigenvalue weighted by Gasteiger charge is 2.17. The van der Waals surface area contributed by atoms with Crippen LogP contribution in [0.15, 0.2) is 72.0 Å². The normalized spacial score (nSPS) is 13.6. The molecule has 0 saturated carbocycles. The Hall–Kier alpha value is -3.47. The zero-order chi connectivity index (χ0) is 26.9. The van der Waals surface area contributed by atoms with Gasteiger partial charge in [-0.05, 0) is 99.6 Å². The van der Waals surface area contributed by atoms with E-state index in [1.165, 1.54) is 28.1 Å². The molecule has 0 fully saturated rings. The van der Waals surface area contributed by atoms with E-state index in [1.807, 2.05) is 31.1 Å². The summed E-state index contributed by atoms with van der Waals surface area (Å²) in [6, 6.07) is 14.5. The summed E-state index contributed by atoms with van der Waals surface area (Å²) in [7, 11) is 3.85. The van der Waals surface area contributed by atoms with Crippen molar-refractivity contribution in [1.29, 1.82) is 0 Å². The summed E-state index contributed by atoms with van der Waals surface area (Å²) in [5.74, 6) is -0.888. The predicted molar refractivity (Wildman–Crippen MR) is 158 cm³/mol. The van der Waals surface area contributed by atoms with E-state index >= 15 is 0 Å². The number of carbonyl (C=O) groups is 1. The zero-order valence-corrected chi connectivity index (χ0v) is 23.4. The summed E-state index contributed by atoms with van der Waals surface area (Å²) in [6.45, 7) is 12.7. The van der Waals surface area contributed by atoms with Crippen molar-refractivity contribution in [3.05, 3.63) is 88.7 Å². The SMILES string of the molecule is CCN(CC)C1=CC=C(/C(=C\Cc2ccc(N(C)C)cc2C(=O)O)c2ccc(N(CC)CC)cc2)CC1. The van der Waals surface area contributed by atoms with Crippen LogP contribution in [0, 0.1) is 0 Å². The maximum Gasteiger partial charge on any atom is 0.336 e. The highest BCUT2D eigenvalue weighted by Crippen LogP contribution is 2.33. The first-order valence-corrected chi connectivity index (χ1v) is 13.6. The summed E-state index contributed by atoms with van der Waals surface area (Å²) in [5, 5.41) is 9.89. The van der Waals surface area contributed by atoms with Gasteiger partial charge in [-0.2, -0.15) is 0 Å². The highest BCUT2D eigenvalue weighted by atomic mass is 16.4. The maximum atomic E-state index is 12.1. The largest absolute Gasteiger partial charge is 0.478 e. The van der Waals surface area contributed by atoms with Gasteiger partial charge in [0.05, 0.1) is 5.56 Å². The van der Waals surface area contributed by atoms with E-state index in [1.54, 1.807) is 6.07 Å². The molecule has 2 aromatic carbocycles. The fourth-order valence-electron chi connectivity index (χ4n) is 5.05. The Kier molecular flexibility index (Phi) is 10.0. The molecule has 0 aromatic heterocycles. The minimum Gasteiger partial charge on any atom is -0.478 e. The fraction of sp³-hybridized carbons (Fsp3) is 0.406. The molecule has 3 rings (SSSR count). The first-order valence-electron chi connectivity index (χ1n) is 13.6. The third-order valence-electron chi connectivity index (χ3n) is 7.32. The maximum absolute atomic E-state index is 12.1. The van der Waals surface area contributed by atoms with Crippen molar-refractivity contribution in [2.45, 2.75) is 47.0 Å². The van der Waals surface area contributed by atoms with Crippen LogP contribution in [0.5, 0.6) is 0 Å². The Morgan fingerprint density at radius 3 is 1.97 bits per heavy atom.